The van der Waals surface area contributed by atoms with Gasteiger partial charge in [0, 0.05) is 23.7 Å². The Labute approximate surface area is 137 Å². The van der Waals surface area contributed by atoms with Crippen molar-refractivity contribution in [2.75, 3.05) is 0 Å². The van der Waals surface area contributed by atoms with Crippen molar-refractivity contribution >= 4 is 11.0 Å². The van der Waals surface area contributed by atoms with E-state index in [-0.39, 0.29) is 12.0 Å². The van der Waals surface area contributed by atoms with Crippen molar-refractivity contribution in [1.29, 1.82) is 0 Å². The summed E-state index contributed by atoms with van der Waals surface area (Å²) in [5.41, 5.74) is 4.15. The van der Waals surface area contributed by atoms with Crippen molar-refractivity contribution in [2.45, 2.75) is 6.42 Å². The molecule has 0 radical (unpaired) electrons. The van der Waals surface area contributed by atoms with Crippen LogP contribution in [0.15, 0.2) is 61.1 Å². The quantitative estimate of drug-likeness (QED) is 0.604. The minimum Gasteiger partial charge on any atom is -0.344 e. The highest BCUT2D eigenvalue weighted by Gasteiger charge is 2.11. The first-order valence-corrected chi connectivity index (χ1v) is 7.52. The van der Waals surface area contributed by atoms with Gasteiger partial charge < -0.3 is 4.98 Å². The molecule has 3 nitrogen and oxygen atoms in total. The van der Waals surface area contributed by atoms with E-state index in [1.165, 1.54) is 18.2 Å². The summed E-state index contributed by atoms with van der Waals surface area (Å²) in [4.78, 5) is 11.7. The van der Waals surface area contributed by atoms with E-state index in [0.717, 1.165) is 27.9 Å². The van der Waals surface area contributed by atoms with Crippen LogP contribution in [0.4, 0.5) is 8.78 Å². The predicted molar refractivity (Wildman–Crippen MR) is 88.5 cm³/mol. The Hall–Kier alpha value is -3.08. The molecular weight excluding hydrogens is 308 g/mol. The lowest BCUT2D eigenvalue weighted by Crippen LogP contribution is -1.97. The van der Waals surface area contributed by atoms with Crippen molar-refractivity contribution in [2.24, 2.45) is 0 Å². The molecule has 2 aromatic heterocycles. The summed E-state index contributed by atoms with van der Waals surface area (Å²) in [6.07, 6.45) is 3.51. The number of fused-ring (bicyclic) bond motifs is 1. The van der Waals surface area contributed by atoms with E-state index in [1.807, 2.05) is 30.3 Å². The molecule has 2 heterocycles. The molecule has 24 heavy (non-hydrogen) atoms. The van der Waals surface area contributed by atoms with E-state index in [4.69, 9.17) is 0 Å². The third kappa shape index (κ3) is 2.54. The van der Waals surface area contributed by atoms with Crippen LogP contribution >= 0.6 is 0 Å². The van der Waals surface area contributed by atoms with Crippen molar-refractivity contribution < 1.29 is 8.78 Å². The molecule has 1 N–H and O–H groups in total. The second kappa shape index (κ2) is 5.85. The van der Waals surface area contributed by atoms with Gasteiger partial charge in [0.1, 0.15) is 17.2 Å². The van der Waals surface area contributed by atoms with Gasteiger partial charge in [-0.1, -0.05) is 24.3 Å². The lowest BCUT2D eigenvalue weighted by Gasteiger charge is -2.08. The van der Waals surface area contributed by atoms with Crippen molar-refractivity contribution in [3.63, 3.8) is 0 Å². The van der Waals surface area contributed by atoms with Gasteiger partial charge in [-0.05, 0) is 29.8 Å². The van der Waals surface area contributed by atoms with Crippen LogP contribution in [-0.2, 0) is 6.42 Å². The number of nitrogens with zero attached hydrogens (tertiary/aromatic N) is 2. The average molecular weight is 321 g/mol. The van der Waals surface area contributed by atoms with Crippen LogP contribution in [0.3, 0.4) is 0 Å². The zero-order chi connectivity index (χ0) is 16.5. The van der Waals surface area contributed by atoms with Gasteiger partial charge in [-0.15, -0.1) is 0 Å². The molecule has 0 saturated heterocycles. The highest BCUT2D eigenvalue weighted by Crippen LogP contribution is 2.26. The molecule has 2 aromatic carbocycles. The number of aromatic amines is 1. The lowest BCUT2D eigenvalue weighted by atomic mass is 10.0. The average Bonchev–Trinajstić information content (AvgIpc) is 3.07. The molecule has 0 saturated carbocycles. The van der Waals surface area contributed by atoms with Gasteiger partial charge in [0.2, 0.25) is 0 Å². The van der Waals surface area contributed by atoms with Crippen molar-refractivity contribution in [1.82, 2.24) is 15.0 Å². The maximum atomic E-state index is 13.9. The van der Waals surface area contributed by atoms with Crippen molar-refractivity contribution in [3.05, 3.63) is 83.8 Å². The molecule has 0 amide bonds. The fourth-order valence-corrected chi connectivity index (χ4v) is 2.81. The highest BCUT2D eigenvalue weighted by molar-refractivity contribution is 5.89. The molecule has 0 unspecified atom stereocenters. The number of rotatable bonds is 3. The summed E-state index contributed by atoms with van der Waals surface area (Å²) in [6.45, 7) is 0. The van der Waals surface area contributed by atoms with Crippen LogP contribution in [-0.4, -0.2) is 15.0 Å². The minimum atomic E-state index is -0.534. The Morgan fingerprint density at radius 3 is 2.54 bits per heavy atom. The molecule has 0 bridgehead atoms. The summed E-state index contributed by atoms with van der Waals surface area (Å²) < 4.78 is 27.7. The third-order valence-corrected chi connectivity index (χ3v) is 3.98. The summed E-state index contributed by atoms with van der Waals surface area (Å²) in [5.74, 6) is -1.07. The van der Waals surface area contributed by atoms with Gasteiger partial charge in [0.15, 0.2) is 0 Å². The summed E-state index contributed by atoms with van der Waals surface area (Å²) in [5, 5.41) is 0. The van der Waals surface area contributed by atoms with Gasteiger partial charge in [-0.2, -0.15) is 0 Å². The fraction of sp³-hybridized carbons (Fsp3) is 0.0526. The van der Waals surface area contributed by atoms with Crippen LogP contribution in [0.1, 0.15) is 11.1 Å². The normalized spacial score (nSPS) is 11.1. The molecule has 4 rings (SSSR count). The molecule has 0 spiro atoms. The minimum absolute atomic E-state index is 0.0700. The Balaban J connectivity index is 1.76. The Morgan fingerprint density at radius 2 is 1.71 bits per heavy atom. The van der Waals surface area contributed by atoms with Crippen molar-refractivity contribution in [3.8, 4) is 11.3 Å². The molecule has 0 fully saturated rings. The monoisotopic (exact) mass is 321 g/mol. The third-order valence-electron chi connectivity index (χ3n) is 3.98. The van der Waals surface area contributed by atoms with Gasteiger partial charge in [-0.25, -0.2) is 13.8 Å². The Kier molecular flexibility index (Phi) is 3.54. The number of halogens is 2. The summed E-state index contributed by atoms with van der Waals surface area (Å²) in [6, 6.07) is 13.3. The predicted octanol–water partition coefficient (Wildman–Crippen LogP) is 4.49. The van der Waals surface area contributed by atoms with Crippen LogP contribution in [0.25, 0.3) is 22.3 Å². The van der Waals surface area contributed by atoms with E-state index in [9.17, 15) is 8.78 Å². The molecule has 118 valence electrons. The number of benzene rings is 2. The summed E-state index contributed by atoms with van der Waals surface area (Å²) in [7, 11) is 0. The number of imidazole rings is 1. The first-order valence-electron chi connectivity index (χ1n) is 7.52. The standard InChI is InChI=1S/C19H13F2N3/c20-15-5-2-6-16(21)14(15)10-12-3-1-4-13(9-12)18-19-17(7-8-22-18)23-11-24-19/h1-9,11H,10H2,(H,23,24). The van der Waals surface area contributed by atoms with Crippen LogP contribution < -0.4 is 0 Å². The summed E-state index contributed by atoms with van der Waals surface area (Å²) >= 11 is 0. The largest absolute Gasteiger partial charge is 0.344 e. The Bertz CT molecular complexity index is 1000. The molecule has 0 aliphatic rings. The van der Waals surface area contributed by atoms with Gasteiger partial charge >= 0.3 is 0 Å². The fourth-order valence-electron chi connectivity index (χ4n) is 2.81. The number of aromatic nitrogens is 3. The van der Waals surface area contributed by atoms with Crippen LogP contribution in [0.2, 0.25) is 0 Å². The second-order valence-electron chi connectivity index (χ2n) is 5.54. The SMILES string of the molecule is Fc1cccc(F)c1Cc1cccc(-c2nccc3[nH]cnc23)c1. The molecular formula is C19H13F2N3. The maximum Gasteiger partial charge on any atom is 0.129 e. The first kappa shape index (κ1) is 14.5. The Morgan fingerprint density at radius 1 is 0.917 bits per heavy atom. The van der Waals surface area contributed by atoms with Crippen LogP contribution in [0.5, 0.6) is 0 Å². The number of hydrogen-bond donors (Lipinski definition) is 1. The highest BCUT2D eigenvalue weighted by atomic mass is 19.1. The number of hydrogen-bond acceptors (Lipinski definition) is 2. The second-order valence-corrected chi connectivity index (χ2v) is 5.54. The molecule has 0 aliphatic carbocycles. The molecule has 4 aromatic rings. The number of nitrogens with one attached hydrogen (secondary N) is 1. The number of pyridine rings is 1. The van der Waals surface area contributed by atoms with Gasteiger partial charge in [-0.3, -0.25) is 4.98 Å². The van der Waals surface area contributed by atoms with Crippen LogP contribution in [0, 0.1) is 11.6 Å². The first-order chi connectivity index (χ1) is 11.7. The van der Waals surface area contributed by atoms with E-state index >= 15 is 0 Å². The topological polar surface area (TPSA) is 41.6 Å². The molecule has 5 heteroatoms. The molecule has 0 aliphatic heterocycles. The number of H-pyrrole nitrogens is 1. The van der Waals surface area contributed by atoms with E-state index in [0.29, 0.717) is 0 Å². The van der Waals surface area contributed by atoms with E-state index < -0.39 is 11.6 Å². The van der Waals surface area contributed by atoms with E-state index in [1.54, 1.807) is 12.5 Å². The maximum absolute atomic E-state index is 13.9. The van der Waals surface area contributed by atoms with Gasteiger partial charge in [0.25, 0.3) is 0 Å². The smallest absolute Gasteiger partial charge is 0.129 e. The zero-order valence-corrected chi connectivity index (χ0v) is 12.6. The van der Waals surface area contributed by atoms with E-state index in [2.05, 4.69) is 15.0 Å². The van der Waals surface area contributed by atoms with Gasteiger partial charge in [0.05, 0.1) is 17.5 Å². The molecule has 0 atom stereocenters. The lowest BCUT2D eigenvalue weighted by molar-refractivity contribution is 0.561. The zero-order valence-electron chi connectivity index (χ0n) is 12.6.